The first kappa shape index (κ1) is 10.5. The van der Waals surface area contributed by atoms with Gasteiger partial charge in [0.25, 0.3) is 0 Å². The molecular formula is C9H13FN4. The summed E-state index contributed by atoms with van der Waals surface area (Å²) in [6.45, 7) is 0. The molecule has 0 aliphatic carbocycles. The van der Waals surface area contributed by atoms with Gasteiger partial charge in [-0.2, -0.15) is 0 Å². The number of halogens is 1. The molecule has 0 aliphatic heterocycles. The van der Waals surface area contributed by atoms with Crippen molar-refractivity contribution in [1.29, 1.82) is 0 Å². The highest BCUT2D eigenvalue weighted by molar-refractivity contribution is 5.94. The van der Waals surface area contributed by atoms with E-state index in [4.69, 9.17) is 5.84 Å². The number of nitrogens with one attached hydrogen (secondary N) is 1. The van der Waals surface area contributed by atoms with Crippen molar-refractivity contribution in [3.05, 3.63) is 30.1 Å². The molecule has 0 amide bonds. The van der Waals surface area contributed by atoms with E-state index < -0.39 is 0 Å². The molecule has 1 aromatic carbocycles. The molecule has 0 radical (unpaired) electrons. The minimum atomic E-state index is -0.266. The molecule has 0 saturated heterocycles. The lowest BCUT2D eigenvalue weighted by atomic mass is 10.3. The van der Waals surface area contributed by atoms with Crippen LogP contribution in [0.2, 0.25) is 0 Å². The van der Waals surface area contributed by atoms with E-state index in [2.05, 4.69) is 10.4 Å². The SMILES string of the molecule is CN=C(NN)N(C)c1ccc(F)cc1. The van der Waals surface area contributed by atoms with Crippen molar-refractivity contribution in [3.63, 3.8) is 0 Å². The molecule has 1 rings (SSSR count). The molecule has 0 saturated carbocycles. The Kier molecular flexibility index (Phi) is 3.41. The van der Waals surface area contributed by atoms with Gasteiger partial charge >= 0.3 is 0 Å². The van der Waals surface area contributed by atoms with Crippen LogP contribution in [0.15, 0.2) is 29.3 Å². The first-order chi connectivity index (χ1) is 6.69. The lowest BCUT2D eigenvalue weighted by molar-refractivity contribution is 0.628. The van der Waals surface area contributed by atoms with Crippen LogP contribution in [0.5, 0.6) is 0 Å². The average molecular weight is 196 g/mol. The summed E-state index contributed by atoms with van der Waals surface area (Å²) in [5.41, 5.74) is 3.26. The Morgan fingerprint density at radius 3 is 2.43 bits per heavy atom. The highest BCUT2D eigenvalue weighted by Gasteiger charge is 2.05. The van der Waals surface area contributed by atoms with Crippen molar-refractivity contribution >= 4 is 11.6 Å². The second kappa shape index (κ2) is 4.57. The van der Waals surface area contributed by atoms with Crippen LogP contribution < -0.4 is 16.2 Å². The van der Waals surface area contributed by atoms with Crippen LogP contribution in [0, 0.1) is 5.82 Å². The van der Waals surface area contributed by atoms with Crippen molar-refractivity contribution in [2.45, 2.75) is 0 Å². The minimum Gasteiger partial charge on any atom is -0.315 e. The third-order valence-electron chi connectivity index (χ3n) is 1.87. The molecule has 1 aromatic rings. The largest absolute Gasteiger partial charge is 0.315 e. The zero-order valence-corrected chi connectivity index (χ0v) is 8.16. The number of nitrogens with zero attached hydrogens (tertiary/aromatic N) is 2. The van der Waals surface area contributed by atoms with Crippen LogP contribution in [0.25, 0.3) is 0 Å². The Labute approximate surface area is 82.2 Å². The van der Waals surface area contributed by atoms with Gasteiger partial charge in [-0.3, -0.25) is 10.4 Å². The third-order valence-corrected chi connectivity index (χ3v) is 1.87. The summed E-state index contributed by atoms with van der Waals surface area (Å²) in [6, 6.07) is 6.07. The van der Waals surface area contributed by atoms with E-state index in [0.29, 0.717) is 5.96 Å². The number of rotatable bonds is 1. The maximum Gasteiger partial charge on any atom is 0.212 e. The normalized spacial score (nSPS) is 11.3. The molecule has 0 spiro atoms. The molecule has 0 bridgehead atoms. The topological polar surface area (TPSA) is 53.6 Å². The van der Waals surface area contributed by atoms with Crippen molar-refractivity contribution in [2.24, 2.45) is 10.8 Å². The molecule has 4 nitrogen and oxygen atoms in total. The Hall–Kier alpha value is -1.62. The zero-order valence-electron chi connectivity index (χ0n) is 8.16. The number of aliphatic imine (C=N–C) groups is 1. The third kappa shape index (κ3) is 2.20. The fourth-order valence-electron chi connectivity index (χ4n) is 1.10. The number of benzene rings is 1. The summed E-state index contributed by atoms with van der Waals surface area (Å²) in [6.07, 6.45) is 0. The Morgan fingerprint density at radius 1 is 1.43 bits per heavy atom. The Bertz CT molecular complexity index is 320. The monoisotopic (exact) mass is 196 g/mol. The smallest absolute Gasteiger partial charge is 0.212 e. The first-order valence-corrected chi connectivity index (χ1v) is 4.11. The molecule has 14 heavy (non-hydrogen) atoms. The predicted octanol–water partition coefficient (Wildman–Crippen LogP) is 0.711. The van der Waals surface area contributed by atoms with Gasteiger partial charge in [-0.05, 0) is 24.3 Å². The van der Waals surface area contributed by atoms with Gasteiger partial charge in [0.15, 0.2) is 0 Å². The van der Waals surface area contributed by atoms with Gasteiger partial charge in [-0.25, -0.2) is 10.2 Å². The number of guanidine groups is 1. The standard InChI is InChI=1S/C9H13FN4/c1-12-9(13-11)14(2)8-5-3-7(10)4-6-8/h3-6H,11H2,1-2H3,(H,12,13). The minimum absolute atomic E-state index is 0.266. The summed E-state index contributed by atoms with van der Waals surface area (Å²) in [5, 5.41) is 0. The number of hydrogen-bond acceptors (Lipinski definition) is 2. The van der Waals surface area contributed by atoms with Gasteiger partial charge in [0.1, 0.15) is 5.82 Å². The molecule has 0 aromatic heterocycles. The molecular weight excluding hydrogens is 183 g/mol. The summed E-state index contributed by atoms with van der Waals surface area (Å²) in [5.74, 6) is 5.50. The lowest BCUT2D eigenvalue weighted by Gasteiger charge is -2.19. The highest BCUT2D eigenvalue weighted by atomic mass is 19.1. The molecule has 0 heterocycles. The number of hydrazine groups is 1. The van der Waals surface area contributed by atoms with Crippen LogP contribution in [0.3, 0.4) is 0 Å². The van der Waals surface area contributed by atoms with Gasteiger partial charge in [-0.1, -0.05) is 0 Å². The number of anilines is 1. The fraction of sp³-hybridized carbons (Fsp3) is 0.222. The Balaban J connectivity index is 2.89. The van der Waals surface area contributed by atoms with Gasteiger partial charge in [0, 0.05) is 19.8 Å². The van der Waals surface area contributed by atoms with Crippen molar-refractivity contribution < 1.29 is 4.39 Å². The molecule has 0 aliphatic rings. The molecule has 0 unspecified atom stereocenters. The van der Waals surface area contributed by atoms with E-state index in [1.807, 2.05) is 0 Å². The zero-order chi connectivity index (χ0) is 10.6. The van der Waals surface area contributed by atoms with E-state index >= 15 is 0 Å². The van der Waals surface area contributed by atoms with Crippen LogP contribution in [-0.4, -0.2) is 20.1 Å². The Morgan fingerprint density at radius 2 is 2.00 bits per heavy atom. The summed E-state index contributed by atoms with van der Waals surface area (Å²) >= 11 is 0. The van der Waals surface area contributed by atoms with E-state index in [1.54, 1.807) is 31.1 Å². The lowest BCUT2D eigenvalue weighted by Crippen LogP contribution is -2.42. The first-order valence-electron chi connectivity index (χ1n) is 4.11. The molecule has 0 atom stereocenters. The van der Waals surface area contributed by atoms with Gasteiger partial charge in [0.2, 0.25) is 5.96 Å². The van der Waals surface area contributed by atoms with E-state index in [-0.39, 0.29) is 5.82 Å². The summed E-state index contributed by atoms with van der Waals surface area (Å²) in [4.78, 5) is 5.64. The van der Waals surface area contributed by atoms with Crippen LogP contribution >= 0.6 is 0 Å². The number of hydrogen-bond donors (Lipinski definition) is 2. The van der Waals surface area contributed by atoms with Crippen molar-refractivity contribution in [3.8, 4) is 0 Å². The van der Waals surface area contributed by atoms with Crippen molar-refractivity contribution in [1.82, 2.24) is 5.43 Å². The van der Waals surface area contributed by atoms with Crippen LogP contribution in [0.1, 0.15) is 0 Å². The second-order valence-corrected chi connectivity index (χ2v) is 2.73. The quantitative estimate of drug-likeness (QED) is 0.301. The average Bonchev–Trinajstić information content (AvgIpc) is 2.20. The van der Waals surface area contributed by atoms with Gasteiger partial charge in [0.05, 0.1) is 0 Å². The fourth-order valence-corrected chi connectivity index (χ4v) is 1.10. The maximum absolute atomic E-state index is 12.6. The van der Waals surface area contributed by atoms with E-state index in [0.717, 1.165) is 5.69 Å². The molecule has 5 heteroatoms. The summed E-state index contributed by atoms with van der Waals surface area (Å²) < 4.78 is 12.6. The predicted molar refractivity (Wildman–Crippen MR) is 55.5 cm³/mol. The van der Waals surface area contributed by atoms with Crippen LogP contribution in [0.4, 0.5) is 10.1 Å². The number of nitrogens with two attached hydrogens (primary N) is 1. The maximum atomic E-state index is 12.6. The van der Waals surface area contributed by atoms with Crippen molar-refractivity contribution in [2.75, 3.05) is 19.0 Å². The molecule has 0 fully saturated rings. The second-order valence-electron chi connectivity index (χ2n) is 2.73. The molecule has 76 valence electrons. The summed E-state index contributed by atoms with van der Waals surface area (Å²) in [7, 11) is 3.41. The van der Waals surface area contributed by atoms with Crippen LogP contribution in [-0.2, 0) is 0 Å². The van der Waals surface area contributed by atoms with E-state index in [1.165, 1.54) is 12.1 Å². The molecule has 3 N–H and O–H groups in total. The van der Waals surface area contributed by atoms with Gasteiger partial charge in [-0.15, -0.1) is 0 Å². The highest BCUT2D eigenvalue weighted by Crippen LogP contribution is 2.12. The van der Waals surface area contributed by atoms with E-state index in [9.17, 15) is 4.39 Å². The van der Waals surface area contributed by atoms with Gasteiger partial charge < -0.3 is 4.90 Å².